The minimum absolute atomic E-state index is 0.170. The van der Waals surface area contributed by atoms with Gasteiger partial charge in [-0.15, -0.1) is 0 Å². The van der Waals surface area contributed by atoms with E-state index in [4.69, 9.17) is 58.1 Å². The van der Waals surface area contributed by atoms with Crippen LogP contribution in [-0.4, -0.2) is 213 Å². The monoisotopic (exact) mass is 1230 g/mol. The third-order valence-corrected chi connectivity index (χ3v) is 18.4. The topological polar surface area (TPSA) is 434 Å². The van der Waals surface area contributed by atoms with E-state index in [0.29, 0.717) is 6.42 Å². The molecule has 1 aromatic rings. The molecule has 4 aliphatic heterocycles. The zero-order chi connectivity index (χ0) is 64.2. The number of primary amides is 1. The van der Waals surface area contributed by atoms with E-state index >= 15 is 0 Å². The van der Waals surface area contributed by atoms with Crippen LogP contribution < -0.4 is 20.4 Å². The molecule has 0 radical (unpaired) electrons. The van der Waals surface area contributed by atoms with E-state index in [1.807, 2.05) is 39.8 Å². The fraction of sp³-hybridized carbons (Fsp3) is 0.737. The molecule has 85 heavy (non-hydrogen) atoms. The number of benzene rings is 1. The van der Waals surface area contributed by atoms with Gasteiger partial charge in [0.2, 0.25) is 5.78 Å². The second-order valence-corrected chi connectivity index (χ2v) is 25.6. The number of nitrogens with two attached hydrogens (primary N) is 1. The summed E-state index contributed by atoms with van der Waals surface area (Å²) >= 11 is 0. The van der Waals surface area contributed by atoms with Gasteiger partial charge in [-0.25, -0.2) is 0 Å². The van der Waals surface area contributed by atoms with Crippen LogP contribution >= 0.6 is 7.82 Å². The first kappa shape index (κ1) is 69.7. The maximum Gasteiger partial charge on any atom is 0.311 e. The van der Waals surface area contributed by atoms with Gasteiger partial charge in [-0.2, -0.15) is 7.82 Å². The molecule has 27 nitrogen and oxygen atoms in total. The number of fused-ring (bicyclic) bond motifs is 3. The fourth-order valence-corrected chi connectivity index (χ4v) is 13.4. The van der Waals surface area contributed by atoms with Crippen LogP contribution in [0.1, 0.15) is 99.1 Å². The molecular formula is C57H85N3O24P-3. The fourth-order valence-electron chi connectivity index (χ4n) is 13.4. The van der Waals surface area contributed by atoms with Gasteiger partial charge in [0, 0.05) is 54.7 Å². The van der Waals surface area contributed by atoms with Gasteiger partial charge in [0.1, 0.15) is 41.2 Å². The number of Topliss-reactive ketones (excluding diaryl/α,β-unsaturated/α-hetero) is 3. The molecule has 480 valence electrons. The molecule has 1 aromatic carbocycles. The third kappa shape index (κ3) is 13.9. The van der Waals surface area contributed by atoms with Crippen molar-refractivity contribution in [3.8, 4) is 5.75 Å². The number of amides is 1. The first-order valence-corrected chi connectivity index (χ1v) is 29.8. The molecule has 5 fully saturated rings. The van der Waals surface area contributed by atoms with Crippen molar-refractivity contribution in [1.29, 1.82) is 0 Å². The number of phenolic OH excluding ortho intramolecular Hbond substituents is 1. The maximum atomic E-state index is 13.9. The Morgan fingerprint density at radius 2 is 1.40 bits per heavy atom. The number of ether oxygens (including phenoxy) is 7. The number of esters is 1. The lowest BCUT2D eigenvalue weighted by atomic mass is 9.54. The quantitative estimate of drug-likeness (QED) is 0.0633. The van der Waals surface area contributed by atoms with Crippen molar-refractivity contribution in [2.45, 2.75) is 184 Å². The predicted molar refractivity (Wildman–Crippen MR) is 291 cm³/mol. The smallest absolute Gasteiger partial charge is 0.311 e. The summed E-state index contributed by atoms with van der Waals surface area (Å²) in [5, 5.41) is 88.2. The van der Waals surface area contributed by atoms with Gasteiger partial charge in [-0.1, -0.05) is 39.8 Å². The Bertz CT molecular complexity index is 2760. The number of phosphoric acid groups is 1. The molecule has 1 amide bonds. The zero-order valence-electron chi connectivity index (χ0n) is 50.3. The van der Waals surface area contributed by atoms with Gasteiger partial charge in [-0.3, -0.25) is 28.9 Å². The Hall–Kier alpha value is -4.36. The lowest BCUT2D eigenvalue weighted by Crippen LogP contribution is -2.67. The molecule has 0 bridgehead atoms. The highest BCUT2D eigenvalue weighted by molar-refractivity contribution is 7.40. The van der Waals surface area contributed by atoms with Crippen molar-refractivity contribution >= 4 is 42.8 Å². The van der Waals surface area contributed by atoms with E-state index < -0.39 is 179 Å². The Morgan fingerprint density at radius 3 is 1.94 bits per heavy atom. The van der Waals surface area contributed by atoms with Crippen LogP contribution in [0, 0.1) is 41.4 Å². The van der Waals surface area contributed by atoms with Crippen molar-refractivity contribution in [1.82, 2.24) is 9.80 Å². The molecule has 7 aliphatic rings. The number of likely N-dealkylation sites (N-methyl/N-ethyl adjacent to an activating group) is 2. The summed E-state index contributed by atoms with van der Waals surface area (Å²) in [5.74, 6) is -11.6. The number of cyclic esters (lactones) is 1. The van der Waals surface area contributed by atoms with Gasteiger partial charge in [0.15, 0.2) is 35.3 Å². The van der Waals surface area contributed by atoms with Crippen LogP contribution in [0.2, 0.25) is 0 Å². The Kier molecular flexibility index (Phi) is 21.6. The Morgan fingerprint density at radius 1 is 0.800 bits per heavy atom. The highest BCUT2D eigenvalue weighted by Crippen LogP contribution is 2.57. The van der Waals surface area contributed by atoms with E-state index in [9.17, 15) is 64.8 Å². The molecular weight excluding hydrogens is 1140 g/mol. The number of hydrogen-bond acceptors (Lipinski definition) is 26. The number of aliphatic hydroxyl groups is 7. The number of aliphatic hydroxyl groups excluding tert-OH is 5. The maximum absolute atomic E-state index is 13.9. The van der Waals surface area contributed by atoms with Crippen LogP contribution in [0.25, 0.3) is 5.76 Å². The van der Waals surface area contributed by atoms with E-state index in [2.05, 4.69) is 0 Å². The molecule has 4 heterocycles. The molecule has 0 unspecified atom stereocenters. The largest absolute Gasteiger partial charge is 0.822 e. The summed E-state index contributed by atoms with van der Waals surface area (Å²) < 4.78 is 51.6. The van der Waals surface area contributed by atoms with Crippen molar-refractivity contribution in [3.05, 3.63) is 46.2 Å². The number of epoxide rings is 1. The van der Waals surface area contributed by atoms with E-state index in [0.717, 1.165) is 0 Å². The number of aromatic hydroxyl groups is 1. The number of carbonyl (C=O) groups is 5. The van der Waals surface area contributed by atoms with Crippen molar-refractivity contribution < 1.29 is 117 Å². The number of nitrogens with zero attached hydrogens (tertiary/aromatic N) is 2. The molecule has 8 rings (SSSR count). The summed E-state index contributed by atoms with van der Waals surface area (Å²) in [6.07, 6.45) is -7.35. The summed E-state index contributed by atoms with van der Waals surface area (Å²) in [6.45, 7) is 16.1. The average Bonchev–Trinajstić information content (AvgIpc) is 1.52. The lowest BCUT2D eigenvalue weighted by molar-refractivity contribution is -0.432. The van der Waals surface area contributed by atoms with Gasteiger partial charge in [0.05, 0.1) is 66.4 Å². The summed E-state index contributed by atoms with van der Waals surface area (Å²) in [7, 11) is 2.94. The normalized spacial score (nSPS) is 41.8. The van der Waals surface area contributed by atoms with Crippen molar-refractivity contribution in [2.75, 3.05) is 41.9 Å². The minimum atomic E-state index is -5.39. The van der Waals surface area contributed by atoms with Gasteiger partial charge in [-0.05, 0) is 99.6 Å². The molecule has 4 saturated heterocycles. The zero-order valence-corrected chi connectivity index (χ0v) is 51.2. The second kappa shape index (κ2) is 26.4. The molecule has 0 aromatic heterocycles. The Labute approximate surface area is 493 Å². The summed E-state index contributed by atoms with van der Waals surface area (Å²) in [4.78, 5) is 95.3. The molecule has 23 atom stereocenters. The number of methoxy groups -OCH3 is 1. The molecule has 1 spiro atoms. The SMILES string of the molecule is CN(C)[C@@H]1C(=O)C(C(N)=O)=C(O)[C@@]2(O)C(=O)C3=C(O)c4c(O)cccc4[C@@](C)(O)[C@H]3C[C@@H]12.CO[C@H]1C[C@H](O[C@H]2[C@H](C)[C@@H](O[C@@H]3O[C@H](C)C[C@H](N(C)C)[C@H]3O)[C@H](C)C[C@@]3(CO3)C(=O)[C@H](C)[C@@H](O)[C@@H](C)[C@@H](C)OC(=O)[C@@H]2C)O[C@@H](C)[C@@H]1O.O=P([O-])([O-])[O-]. The predicted octanol–water partition coefficient (Wildman–Crippen LogP) is -1.29. The molecule has 1 saturated carbocycles. The first-order chi connectivity index (χ1) is 39.2. The van der Waals surface area contributed by atoms with Crippen LogP contribution in [0.5, 0.6) is 5.75 Å². The number of ketones is 3. The van der Waals surface area contributed by atoms with Crippen LogP contribution in [0.3, 0.4) is 0 Å². The Balaban J connectivity index is 0.000000269. The number of rotatable bonds is 8. The first-order valence-electron chi connectivity index (χ1n) is 28.4. The summed E-state index contributed by atoms with van der Waals surface area (Å²) in [5.41, 5.74) is -1.64. The third-order valence-electron chi connectivity index (χ3n) is 18.4. The summed E-state index contributed by atoms with van der Waals surface area (Å²) in [6, 6.07) is 2.80. The molecule has 10 N–H and O–H groups in total. The second-order valence-electron chi connectivity index (χ2n) is 24.7. The van der Waals surface area contributed by atoms with Gasteiger partial charge in [0.25, 0.3) is 5.91 Å². The van der Waals surface area contributed by atoms with Crippen molar-refractivity contribution in [2.24, 2.45) is 47.2 Å². The lowest BCUT2D eigenvalue weighted by Gasteiger charge is -2.53. The highest BCUT2D eigenvalue weighted by Gasteiger charge is 2.67. The number of phenols is 1. The van der Waals surface area contributed by atoms with Gasteiger partial charge < -0.3 is 104 Å². The van der Waals surface area contributed by atoms with Crippen molar-refractivity contribution in [3.63, 3.8) is 0 Å². The highest BCUT2D eigenvalue weighted by atomic mass is 31.2. The van der Waals surface area contributed by atoms with Gasteiger partial charge >= 0.3 is 5.97 Å². The molecule has 28 heteroatoms. The minimum Gasteiger partial charge on any atom is -0.822 e. The van der Waals surface area contributed by atoms with Crippen LogP contribution in [-0.2, 0) is 67.3 Å². The van der Waals surface area contributed by atoms with Crippen LogP contribution in [0.4, 0.5) is 0 Å². The number of carbonyl (C=O) groups excluding carboxylic acids is 5. The van der Waals surface area contributed by atoms with E-state index in [1.165, 1.54) is 51.2 Å². The van der Waals surface area contributed by atoms with E-state index in [-0.39, 0.29) is 60.8 Å². The van der Waals surface area contributed by atoms with E-state index in [1.54, 1.807) is 34.6 Å². The average molecular weight is 1230 g/mol. The standard InChI is InChI=1S/C35H61NO12.C22H24N2O8.H3O4P/c1-16-14-35(15-43-35)32(40)19(4)27(37)18(3)22(7)46-33(41)21(6)31(47-26-13-25(42-11)28(38)23(8)45-26)20(5)30(16)48-34-29(39)24(36(9)10)12-17(2)44-34;1-21(31)8-5-4-6-11(25)12(8)16(26)13-9(21)7-10-15(24(2)3)17(27)14(20(23)30)19(29)22(10,32)18(13)28;1-5(2,3)4/h16-31,34,37-39H,12-15H2,1-11H3;4-6,9-10,15,25-26,29,31-32H,7H2,1-3H3,(H2,23,30);(H3,1,2,3,4)/p-3/t16-,17-,18+,19-,20-,21-,22-,23+,24+,25+,26+,27+,28+,29-,30+,31+,34+,35-;9-,10-,15-,21+,22-;/m10./s1. The van der Waals surface area contributed by atoms with Crippen LogP contribution in [0.15, 0.2) is 35.1 Å². The number of hydrogen-bond donors (Lipinski definition) is 9. The molecule has 3 aliphatic carbocycles.